The van der Waals surface area contributed by atoms with Gasteiger partial charge in [0.25, 0.3) is 0 Å². The van der Waals surface area contributed by atoms with E-state index < -0.39 is 5.97 Å². The van der Waals surface area contributed by atoms with Crippen molar-refractivity contribution in [2.24, 2.45) is 0 Å². The van der Waals surface area contributed by atoms with Crippen molar-refractivity contribution in [1.29, 1.82) is 0 Å². The van der Waals surface area contributed by atoms with Gasteiger partial charge in [-0.15, -0.1) is 0 Å². The van der Waals surface area contributed by atoms with E-state index in [0.29, 0.717) is 5.92 Å². The number of carboxylic acid groups (broad SMARTS) is 1. The number of hydrogen-bond donors (Lipinski definition) is 1. The number of hydrogen-bond acceptors (Lipinski definition) is 2. The van der Waals surface area contributed by atoms with Crippen LogP contribution in [0.15, 0.2) is 6.07 Å². The zero-order chi connectivity index (χ0) is 8.72. The third-order valence-corrected chi connectivity index (χ3v) is 2.16. The summed E-state index contributed by atoms with van der Waals surface area (Å²) in [7, 11) is 0. The fraction of sp³-hybridized carbons (Fsp3) is 0.429. The number of halogens is 1. The summed E-state index contributed by atoms with van der Waals surface area (Å²) in [6, 6.07) is 1.53. The van der Waals surface area contributed by atoms with E-state index in [1.807, 2.05) is 0 Å². The molecule has 0 spiro atoms. The highest BCUT2D eigenvalue weighted by atomic mass is 35.5. The maximum atomic E-state index is 10.5. The van der Waals surface area contributed by atoms with Gasteiger partial charge in [0, 0.05) is 17.7 Å². The van der Waals surface area contributed by atoms with Gasteiger partial charge in [0.1, 0.15) is 0 Å². The van der Waals surface area contributed by atoms with E-state index in [-0.39, 0.29) is 5.69 Å². The van der Waals surface area contributed by atoms with Crippen molar-refractivity contribution in [1.82, 2.24) is 9.30 Å². The minimum atomic E-state index is -1.04. The molecular weight excluding hydrogens is 180 g/mol. The van der Waals surface area contributed by atoms with Gasteiger partial charge in [-0.05, 0) is 18.9 Å². The summed E-state index contributed by atoms with van der Waals surface area (Å²) in [5.74, 6) is -0.604. The molecule has 0 aliphatic heterocycles. The van der Waals surface area contributed by atoms with Crippen LogP contribution in [0.2, 0.25) is 0 Å². The third kappa shape index (κ3) is 1.18. The summed E-state index contributed by atoms with van der Waals surface area (Å²) in [6.45, 7) is 0. The van der Waals surface area contributed by atoms with Crippen molar-refractivity contribution in [2.45, 2.75) is 18.8 Å². The predicted molar refractivity (Wildman–Crippen MR) is 42.4 cm³/mol. The Bertz CT molecular complexity index is 330. The lowest BCUT2D eigenvalue weighted by Crippen LogP contribution is -2.00. The van der Waals surface area contributed by atoms with Crippen molar-refractivity contribution in [3.8, 4) is 0 Å². The van der Waals surface area contributed by atoms with Crippen LogP contribution in [0.1, 0.15) is 34.9 Å². The molecular formula is C7H7ClN2O2. The second kappa shape index (κ2) is 2.48. The van der Waals surface area contributed by atoms with E-state index in [1.54, 1.807) is 0 Å². The molecule has 1 aliphatic rings. The quantitative estimate of drug-likeness (QED) is 0.761. The molecule has 1 aromatic heterocycles. The molecule has 1 saturated carbocycles. The number of nitrogens with zero attached hydrogens (tertiary/aromatic N) is 2. The van der Waals surface area contributed by atoms with Gasteiger partial charge in [0.05, 0.1) is 5.69 Å². The minimum absolute atomic E-state index is 0.0403. The first-order valence-corrected chi connectivity index (χ1v) is 4.01. The van der Waals surface area contributed by atoms with E-state index >= 15 is 0 Å². The van der Waals surface area contributed by atoms with Crippen LogP contribution < -0.4 is 0 Å². The van der Waals surface area contributed by atoms with Crippen molar-refractivity contribution >= 4 is 17.7 Å². The van der Waals surface area contributed by atoms with Gasteiger partial charge in [0.2, 0.25) is 0 Å². The summed E-state index contributed by atoms with van der Waals surface area (Å²) in [6.07, 6.45) is 2.18. The molecule has 64 valence electrons. The molecule has 1 heterocycles. The number of rotatable bonds is 2. The Labute approximate surface area is 73.9 Å². The molecule has 1 fully saturated rings. The first kappa shape index (κ1) is 7.61. The molecule has 1 aliphatic carbocycles. The highest BCUT2D eigenvalue weighted by Gasteiger charge is 2.28. The highest BCUT2D eigenvalue weighted by molar-refractivity contribution is 6.17. The molecule has 0 radical (unpaired) electrons. The monoisotopic (exact) mass is 186 g/mol. The summed E-state index contributed by atoms with van der Waals surface area (Å²) >= 11 is 5.54. The molecule has 5 heteroatoms. The lowest BCUT2D eigenvalue weighted by atomic mass is 10.3. The number of aromatic carboxylic acids is 1. The van der Waals surface area contributed by atoms with Gasteiger partial charge in [-0.2, -0.15) is 9.30 Å². The average Bonchev–Trinajstić information content (AvgIpc) is 2.75. The van der Waals surface area contributed by atoms with E-state index in [1.165, 1.54) is 6.07 Å². The van der Waals surface area contributed by atoms with Crippen LogP contribution in [-0.4, -0.2) is 20.4 Å². The highest BCUT2D eigenvalue weighted by Crippen LogP contribution is 2.39. The van der Waals surface area contributed by atoms with Crippen LogP contribution in [0.4, 0.5) is 0 Å². The molecule has 0 atom stereocenters. The fourth-order valence-electron chi connectivity index (χ4n) is 1.10. The van der Waals surface area contributed by atoms with Gasteiger partial charge < -0.3 is 5.11 Å². The summed E-state index contributed by atoms with van der Waals surface area (Å²) in [5.41, 5.74) is 0.834. The summed E-state index contributed by atoms with van der Waals surface area (Å²) in [5, 5.41) is 12.5. The minimum Gasteiger partial charge on any atom is -0.476 e. The normalized spacial score (nSPS) is 16.4. The standard InChI is InChI=1S/C7H7ClN2O2/c8-10-6(7(11)12)3-5(9-10)4-1-2-4/h3-4H,1-2H2,(H,11,12). The lowest BCUT2D eigenvalue weighted by Gasteiger charge is -1.87. The van der Waals surface area contributed by atoms with Crippen LogP contribution in [0.25, 0.3) is 0 Å². The van der Waals surface area contributed by atoms with Gasteiger partial charge in [-0.25, -0.2) is 4.79 Å². The predicted octanol–water partition coefficient (Wildman–Crippen LogP) is 1.46. The summed E-state index contributed by atoms with van der Waals surface area (Å²) < 4.78 is 0.899. The van der Waals surface area contributed by atoms with E-state index in [4.69, 9.17) is 16.9 Å². The van der Waals surface area contributed by atoms with Crippen LogP contribution in [0.5, 0.6) is 0 Å². The Morgan fingerprint density at radius 1 is 1.75 bits per heavy atom. The van der Waals surface area contributed by atoms with Crippen LogP contribution >= 0.6 is 11.8 Å². The van der Waals surface area contributed by atoms with Gasteiger partial charge in [0.15, 0.2) is 5.69 Å². The Hall–Kier alpha value is -1.03. The molecule has 0 aromatic carbocycles. The molecule has 0 unspecified atom stereocenters. The first-order valence-electron chi connectivity index (χ1n) is 3.68. The zero-order valence-electron chi connectivity index (χ0n) is 6.20. The second-order valence-corrected chi connectivity index (χ2v) is 3.21. The van der Waals surface area contributed by atoms with Crippen LogP contribution in [-0.2, 0) is 0 Å². The topological polar surface area (TPSA) is 55.1 Å². The maximum absolute atomic E-state index is 10.5. The van der Waals surface area contributed by atoms with Crippen molar-refractivity contribution in [3.05, 3.63) is 17.5 Å². The van der Waals surface area contributed by atoms with Crippen LogP contribution in [0, 0.1) is 0 Å². The Morgan fingerprint density at radius 3 is 2.83 bits per heavy atom. The average molecular weight is 187 g/mol. The molecule has 0 bridgehead atoms. The van der Waals surface area contributed by atoms with Crippen LogP contribution in [0.3, 0.4) is 0 Å². The van der Waals surface area contributed by atoms with E-state index in [2.05, 4.69) is 5.10 Å². The number of carbonyl (C=O) groups is 1. The van der Waals surface area contributed by atoms with Crippen molar-refractivity contribution < 1.29 is 9.90 Å². The molecule has 0 amide bonds. The largest absolute Gasteiger partial charge is 0.476 e. The second-order valence-electron chi connectivity index (χ2n) is 2.89. The lowest BCUT2D eigenvalue weighted by molar-refractivity contribution is 0.0688. The first-order chi connectivity index (χ1) is 5.68. The van der Waals surface area contributed by atoms with E-state index in [9.17, 15) is 4.79 Å². The molecule has 12 heavy (non-hydrogen) atoms. The van der Waals surface area contributed by atoms with Crippen molar-refractivity contribution in [3.63, 3.8) is 0 Å². The molecule has 1 aromatic rings. The SMILES string of the molecule is O=C(O)c1cc(C2CC2)nn1Cl. The molecule has 1 N–H and O–H groups in total. The van der Waals surface area contributed by atoms with Gasteiger partial charge >= 0.3 is 5.97 Å². The van der Waals surface area contributed by atoms with Gasteiger partial charge in [-0.3, -0.25) is 0 Å². The number of aromatic nitrogens is 2. The maximum Gasteiger partial charge on any atom is 0.355 e. The summed E-state index contributed by atoms with van der Waals surface area (Å²) in [4.78, 5) is 10.5. The fourth-order valence-corrected chi connectivity index (χ4v) is 1.31. The molecule has 2 rings (SSSR count). The van der Waals surface area contributed by atoms with Crippen molar-refractivity contribution in [2.75, 3.05) is 0 Å². The Balaban J connectivity index is 2.36. The van der Waals surface area contributed by atoms with E-state index in [0.717, 1.165) is 22.7 Å². The van der Waals surface area contributed by atoms with Gasteiger partial charge in [-0.1, -0.05) is 0 Å². The zero-order valence-corrected chi connectivity index (χ0v) is 6.95. The Kier molecular flexibility index (Phi) is 1.58. The smallest absolute Gasteiger partial charge is 0.355 e. The molecule has 4 nitrogen and oxygen atoms in total. The molecule has 0 saturated heterocycles. The third-order valence-electron chi connectivity index (χ3n) is 1.90. The Morgan fingerprint density at radius 2 is 2.42 bits per heavy atom. The number of carboxylic acids is 1.